The van der Waals surface area contributed by atoms with Crippen molar-refractivity contribution in [1.82, 2.24) is 0 Å². The number of hydrogen-bond acceptors (Lipinski definition) is 2. The molecule has 0 spiro atoms. The SMILES string of the molecule is CCOC(=O)C1(c2ccc(C)c(Br)c2)CC1. The largest absolute Gasteiger partial charge is 0.465 e. The van der Waals surface area contributed by atoms with Crippen LogP contribution in [-0.4, -0.2) is 12.6 Å². The molecule has 0 heterocycles. The van der Waals surface area contributed by atoms with Gasteiger partial charge >= 0.3 is 5.97 Å². The predicted molar refractivity (Wildman–Crippen MR) is 66.4 cm³/mol. The quantitative estimate of drug-likeness (QED) is 0.795. The van der Waals surface area contributed by atoms with Crippen LogP contribution in [0.25, 0.3) is 0 Å². The standard InChI is InChI=1S/C13H15BrO2/c1-3-16-12(15)13(6-7-13)10-5-4-9(2)11(14)8-10/h4-5,8H,3,6-7H2,1-2H3. The molecule has 0 aromatic heterocycles. The molecule has 1 fully saturated rings. The van der Waals surface area contributed by atoms with Crippen LogP contribution < -0.4 is 0 Å². The van der Waals surface area contributed by atoms with Crippen LogP contribution in [-0.2, 0) is 14.9 Å². The molecule has 1 aliphatic carbocycles. The molecule has 1 aromatic rings. The minimum Gasteiger partial charge on any atom is -0.465 e. The van der Waals surface area contributed by atoms with Gasteiger partial charge in [0.15, 0.2) is 0 Å². The van der Waals surface area contributed by atoms with Crippen molar-refractivity contribution in [2.24, 2.45) is 0 Å². The lowest BCUT2D eigenvalue weighted by Crippen LogP contribution is -2.23. The van der Waals surface area contributed by atoms with Gasteiger partial charge in [0.1, 0.15) is 0 Å². The number of benzene rings is 1. The Bertz CT molecular complexity index is 422. The third kappa shape index (κ3) is 1.88. The molecule has 0 aliphatic heterocycles. The van der Waals surface area contributed by atoms with Gasteiger partial charge < -0.3 is 4.74 Å². The second-order valence-corrected chi connectivity index (χ2v) is 5.12. The summed E-state index contributed by atoms with van der Waals surface area (Å²) in [6.07, 6.45) is 1.81. The van der Waals surface area contributed by atoms with Crippen LogP contribution in [0.5, 0.6) is 0 Å². The first-order chi connectivity index (χ1) is 7.60. The van der Waals surface area contributed by atoms with Crippen molar-refractivity contribution < 1.29 is 9.53 Å². The number of halogens is 1. The van der Waals surface area contributed by atoms with Crippen LogP contribution in [0.4, 0.5) is 0 Å². The van der Waals surface area contributed by atoms with Crippen molar-refractivity contribution in [3.05, 3.63) is 33.8 Å². The fourth-order valence-electron chi connectivity index (χ4n) is 1.90. The maximum atomic E-state index is 11.9. The van der Waals surface area contributed by atoms with E-state index in [9.17, 15) is 4.79 Å². The first-order valence-corrected chi connectivity index (χ1v) is 6.33. The molecule has 0 bridgehead atoms. The highest BCUT2D eigenvalue weighted by atomic mass is 79.9. The minimum absolute atomic E-state index is 0.0780. The van der Waals surface area contributed by atoms with Gasteiger partial charge in [-0.1, -0.05) is 28.1 Å². The summed E-state index contributed by atoms with van der Waals surface area (Å²) in [5, 5.41) is 0. The van der Waals surface area contributed by atoms with Crippen molar-refractivity contribution in [3.8, 4) is 0 Å². The smallest absolute Gasteiger partial charge is 0.316 e. The topological polar surface area (TPSA) is 26.3 Å². The zero-order chi connectivity index (χ0) is 11.8. The van der Waals surface area contributed by atoms with Gasteiger partial charge in [0.05, 0.1) is 12.0 Å². The van der Waals surface area contributed by atoms with E-state index in [0.717, 1.165) is 22.9 Å². The van der Waals surface area contributed by atoms with E-state index in [1.807, 2.05) is 32.0 Å². The van der Waals surface area contributed by atoms with Crippen molar-refractivity contribution in [3.63, 3.8) is 0 Å². The Balaban J connectivity index is 2.30. The average molecular weight is 283 g/mol. The lowest BCUT2D eigenvalue weighted by atomic mass is 9.95. The molecular weight excluding hydrogens is 268 g/mol. The van der Waals surface area contributed by atoms with Crippen LogP contribution >= 0.6 is 15.9 Å². The molecule has 0 saturated heterocycles. The summed E-state index contributed by atoms with van der Waals surface area (Å²) in [5.74, 6) is -0.0780. The molecule has 1 aliphatic rings. The molecule has 0 N–H and O–H groups in total. The number of aryl methyl sites for hydroxylation is 1. The number of esters is 1. The molecular formula is C13H15BrO2. The summed E-state index contributed by atoms with van der Waals surface area (Å²) in [4.78, 5) is 11.9. The Morgan fingerprint density at radius 2 is 2.19 bits per heavy atom. The Labute approximate surface area is 104 Å². The molecule has 0 amide bonds. The van der Waals surface area contributed by atoms with Gasteiger partial charge in [-0.2, -0.15) is 0 Å². The Hall–Kier alpha value is -0.830. The van der Waals surface area contributed by atoms with Crippen LogP contribution in [0.1, 0.15) is 30.9 Å². The Morgan fingerprint density at radius 1 is 1.50 bits per heavy atom. The number of carbonyl (C=O) groups is 1. The third-order valence-corrected chi connectivity index (χ3v) is 3.99. The lowest BCUT2D eigenvalue weighted by Gasteiger charge is -2.15. The van der Waals surface area contributed by atoms with E-state index in [1.54, 1.807) is 0 Å². The highest BCUT2D eigenvalue weighted by molar-refractivity contribution is 9.10. The van der Waals surface area contributed by atoms with E-state index < -0.39 is 0 Å². The number of rotatable bonds is 3. The molecule has 2 nitrogen and oxygen atoms in total. The minimum atomic E-state index is -0.355. The molecule has 0 radical (unpaired) electrons. The monoisotopic (exact) mass is 282 g/mol. The highest BCUT2D eigenvalue weighted by Crippen LogP contribution is 2.49. The van der Waals surface area contributed by atoms with E-state index >= 15 is 0 Å². The lowest BCUT2D eigenvalue weighted by molar-refractivity contribution is -0.146. The molecule has 3 heteroatoms. The molecule has 0 atom stereocenters. The van der Waals surface area contributed by atoms with Gasteiger partial charge in [-0.15, -0.1) is 0 Å². The van der Waals surface area contributed by atoms with E-state index in [2.05, 4.69) is 15.9 Å². The summed E-state index contributed by atoms with van der Waals surface area (Å²) in [7, 11) is 0. The second kappa shape index (κ2) is 4.21. The second-order valence-electron chi connectivity index (χ2n) is 4.27. The zero-order valence-electron chi connectivity index (χ0n) is 9.55. The van der Waals surface area contributed by atoms with Crippen LogP contribution in [0.15, 0.2) is 22.7 Å². The Morgan fingerprint density at radius 3 is 2.69 bits per heavy atom. The number of hydrogen-bond donors (Lipinski definition) is 0. The van der Waals surface area contributed by atoms with E-state index in [0.29, 0.717) is 6.61 Å². The van der Waals surface area contributed by atoms with Crippen LogP contribution in [0.2, 0.25) is 0 Å². The molecule has 16 heavy (non-hydrogen) atoms. The fraction of sp³-hybridized carbons (Fsp3) is 0.462. The Kier molecular flexibility index (Phi) is 3.06. The molecule has 2 rings (SSSR count). The molecule has 86 valence electrons. The van der Waals surface area contributed by atoms with Gasteiger partial charge in [-0.05, 0) is 43.9 Å². The van der Waals surface area contributed by atoms with Gasteiger partial charge in [-0.3, -0.25) is 4.79 Å². The van der Waals surface area contributed by atoms with Gasteiger partial charge in [-0.25, -0.2) is 0 Å². The van der Waals surface area contributed by atoms with Crippen molar-refractivity contribution in [1.29, 1.82) is 0 Å². The first-order valence-electron chi connectivity index (χ1n) is 5.54. The maximum absolute atomic E-state index is 11.9. The van der Waals surface area contributed by atoms with Gasteiger partial charge in [0, 0.05) is 4.47 Å². The molecule has 1 saturated carbocycles. The molecule has 1 aromatic carbocycles. The number of carbonyl (C=O) groups excluding carboxylic acids is 1. The summed E-state index contributed by atoms with van der Waals surface area (Å²) in [6, 6.07) is 6.11. The summed E-state index contributed by atoms with van der Waals surface area (Å²) in [5.41, 5.74) is 1.90. The third-order valence-electron chi connectivity index (χ3n) is 3.14. The van der Waals surface area contributed by atoms with Gasteiger partial charge in [0.25, 0.3) is 0 Å². The summed E-state index contributed by atoms with van der Waals surface area (Å²) in [6.45, 7) is 4.34. The molecule has 0 unspecified atom stereocenters. The summed E-state index contributed by atoms with van der Waals surface area (Å²) < 4.78 is 6.20. The number of ether oxygens (including phenoxy) is 1. The van der Waals surface area contributed by atoms with E-state index in [1.165, 1.54) is 5.56 Å². The average Bonchev–Trinajstić information content (AvgIpc) is 3.03. The zero-order valence-corrected chi connectivity index (χ0v) is 11.1. The fourth-order valence-corrected chi connectivity index (χ4v) is 2.27. The van der Waals surface area contributed by atoms with Crippen molar-refractivity contribution in [2.45, 2.75) is 32.1 Å². The summed E-state index contributed by atoms with van der Waals surface area (Å²) >= 11 is 3.50. The highest BCUT2D eigenvalue weighted by Gasteiger charge is 2.52. The van der Waals surface area contributed by atoms with Crippen LogP contribution in [0.3, 0.4) is 0 Å². The maximum Gasteiger partial charge on any atom is 0.316 e. The van der Waals surface area contributed by atoms with E-state index in [4.69, 9.17) is 4.74 Å². The van der Waals surface area contributed by atoms with Gasteiger partial charge in [0.2, 0.25) is 0 Å². The van der Waals surface area contributed by atoms with E-state index in [-0.39, 0.29) is 11.4 Å². The normalized spacial score (nSPS) is 16.9. The predicted octanol–water partition coefficient (Wildman–Crippen LogP) is 3.35. The van der Waals surface area contributed by atoms with Crippen LogP contribution in [0, 0.1) is 6.92 Å². The van der Waals surface area contributed by atoms with Crippen molar-refractivity contribution >= 4 is 21.9 Å². The van der Waals surface area contributed by atoms with Crippen molar-refractivity contribution in [2.75, 3.05) is 6.61 Å². The first kappa shape index (κ1) is 11.6.